The van der Waals surface area contributed by atoms with Gasteiger partial charge in [-0.05, 0) is 31.6 Å². The predicted molar refractivity (Wildman–Crippen MR) is 47.4 cm³/mol. The van der Waals surface area contributed by atoms with Crippen molar-refractivity contribution in [3.8, 4) is 6.07 Å². The molecule has 1 fully saturated rings. The molecule has 0 aromatic rings. The van der Waals surface area contributed by atoms with E-state index in [1.54, 1.807) is 0 Å². The molecule has 2 nitrogen and oxygen atoms in total. The summed E-state index contributed by atoms with van der Waals surface area (Å²) in [6, 6.07) is 2.62. The molecular formula is C8H15ClN2. The molecule has 1 aliphatic carbocycles. The number of nitriles is 1. The van der Waals surface area contributed by atoms with Crippen LogP contribution >= 0.6 is 12.4 Å². The molecule has 0 saturated heterocycles. The monoisotopic (exact) mass is 174 g/mol. The first-order chi connectivity index (χ1) is 4.83. The number of rotatable bonds is 1. The normalized spacial score (nSPS) is 30.2. The fraction of sp³-hybridized carbons (Fsp3) is 0.875. The summed E-state index contributed by atoms with van der Waals surface area (Å²) in [5.74, 6) is 0.643. The van der Waals surface area contributed by atoms with Crippen LogP contribution < -0.4 is 5.73 Å². The van der Waals surface area contributed by atoms with E-state index in [2.05, 4.69) is 6.07 Å². The highest BCUT2D eigenvalue weighted by Gasteiger charge is 2.17. The van der Waals surface area contributed by atoms with Crippen molar-refractivity contribution in [2.45, 2.75) is 38.1 Å². The standard InChI is InChI=1S/C8H14N2.ClH/c9-6-5-7-1-3-8(10)4-2-7;/h7-8H,1-5,10H2;1H/t7-,8+;. The third kappa shape index (κ3) is 3.60. The Morgan fingerprint density at radius 3 is 2.27 bits per heavy atom. The molecule has 1 aliphatic rings. The van der Waals surface area contributed by atoms with Crippen LogP contribution in [0, 0.1) is 17.2 Å². The van der Waals surface area contributed by atoms with Crippen LogP contribution in [0.2, 0.25) is 0 Å². The van der Waals surface area contributed by atoms with Crippen LogP contribution in [0.15, 0.2) is 0 Å². The highest BCUT2D eigenvalue weighted by Crippen LogP contribution is 2.24. The number of hydrogen-bond donors (Lipinski definition) is 1. The Morgan fingerprint density at radius 2 is 1.82 bits per heavy atom. The lowest BCUT2D eigenvalue weighted by molar-refractivity contribution is 0.331. The van der Waals surface area contributed by atoms with Crippen LogP contribution in [-0.4, -0.2) is 6.04 Å². The third-order valence-corrected chi connectivity index (χ3v) is 2.27. The zero-order valence-electron chi connectivity index (χ0n) is 6.62. The molecule has 0 atom stereocenters. The smallest absolute Gasteiger partial charge is 0.0624 e. The molecule has 64 valence electrons. The first-order valence-electron chi connectivity index (χ1n) is 3.95. The van der Waals surface area contributed by atoms with Crippen molar-refractivity contribution in [3.05, 3.63) is 0 Å². The molecule has 11 heavy (non-hydrogen) atoms. The van der Waals surface area contributed by atoms with Gasteiger partial charge in [-0.15, -0.1) is 12.4 Å². The molecule has 1 rings (SSSR count). The van der Waals surface area contributed by atoms with E-state index in [9.17, 15) is 0 Å². The average molecular weight is 175 g/mol. The lowest BCUT2D eigenvalue weighted by Gasteiger charge is -2.23. The summed E-state index contributed by atoms with van der Waals surface area (Å²) >= 11 is 0. The van der Waals surface area contributed by atoms with E-state index in [0.717, 1.165) is 32.1 Å². The minimum absolute atomic E-state index is 0. The molecule has 0 unspecified atom stereocenters. The van der Waals surface area contributed by atoms with Gasteiger partial charge >= 0.3 is 0 Å². The van der Waals surface area contributed by atoms with Gasteiger partial charge in [-0.3, -0.25) is 0 Å². The number of nitrogens with two attached hydrogens (primary N) is 1. The van der Waals surface area contributed by atoms with E-state index >= 15 is 0 Å². The maximum atomic E-state index is 8.40. The van der Waals surface area contributed by atoms with Gasteiger partial charge in [-0.25, -0.2) is 0 Å². The van der Waals surface area contributed by atoms with Crippen molar-refractivity contribution in [3.63, 3.8) is 0 Å². The first-order valence-corrected chi connectivity index (χ1v) is 3.95. The highest BCUT2D eigenvalue weighted by molar-refractivity contribution is 5.85. The molecule has 0 bridgehead atoms. The van der Waals surface area contributed by atoms with Gasteiger partial charge in [0.2, 0.25) is 0 Å². The molecular weight excluding hydrogens is 160 g/mol. The molecule has 2 N–H and O–H groups in total. The first kappa shape index (κ1) is 10.7. The highest BCUT2D eigenvalue weighted by atomic mass is 35.5. The molecule has 0 heterocycles. The number of hydrogen-bond acceptors (Lipinski definition) is 2. The second kappa shape index (κ2) is 5.40. The van der Waals surface area contributed by atoms with Gasteiger partial charge in [0.15, 0.2) is 0 Å². The van der Waals surface area contributed by atoms with Gasteiger partial charge in [0, 0.05) is 12.5 Å². The minimum Gasteiger partial charge on any atom is -0.328 e. The molecule has 0 spiro atoms. The molecule has 0 amide bonds. The number of nitrogens with zero attached hydrogens (tertiary/aromatic N) is 1. The summed E-state index contributed by atoms with van der Waals surface area (Å²) in [6.07, 6.45) is 5.29. The Balaban J connectivity index is 0.000001000. The van der Waals surface area contributed by atoms with Gasteiger partial charge in [0.1, 0.15) is 0 Å². The fourth-order valence-electron chi connectivity index (χ4n) is 1.52. The van der Waals surface area contributed by atoms with E-state index < -0.39 is 0 Å². The van der Waals surface area contributed by atoms with E-state index in [1.165, 1.54) is 0 Å². The molecule has 3 heteroatoms. The van der Waals surface area contributed by atoms with Gasteiger partial charge in [0.05, 0.1) is 6.07 Å². The van der Waals surface area contributed by atoms with Crippen LogP contribution in [0.5, 0.6) is 0 Å². The zero-order chi connectivity index (χ0) is 7.40. The van der Waals surface area contributed by atoms with Crippen LogP contribution in [0.4, 0.5) is 0 Å². The summed E-state index contributed by atoms with van der Waals surface area (Å²) < 4.78 is 0. The Labute approximate surface area is 74.2 Å². The largest absolute Gasteiger partial charge is 0.328 e. The average Bonchev–Trinajstić information content (AvgIpc) is 1.95. The third-order valence-electron chi connectivity index (χ3n) is 2.27. The molecule has 0 aliphatic heterocycles. The van der Waals surface area contributed by atoms with Crippen LogP contribution in [0.1, 0.15) is 32.1 Å². The van der Waals surface area contributed by atoms with Gasteiger partial charge in [-0.1, -0.05) is 0 Å². The minimum atomic E-state index is 0. The second-order valence-electron chi connectivity index (χ2n) is 3.14. The van der Waals surface area contributed by atoms with E-state index in [-0.39, 0.29) is 12.4 Å². The van der Waals surface area contributed by atoms with Crippen molar-refractivity contribution in [2.24, 2.45) is 11.7 Å². The maximum absolute atomic E-state index is 8.40. The van der Waals surface area contributed by atoms with Crippen molar-refractivity contribution >= 4 is 12.4 Å². The number of halogens is 1. The lowest BCUT2D eigenvalue weighted by atomic mass is 9.85. The van der Waals surface area contributed by atoms with Gasteiger partial charge in [0.25, 0.3) is 0 Å². The maximum Gasteiger partial charge on any atom is 0.0624 e. The van der Waals surface area contributed by atoms with E-state index in [4.69, 9.17) is 11.0 Å². The summed E-state index contributed by atoms with van der Waals surface area (Å²) in [7, 11) is 0. The van der Waals surface area contributed by atoms with Crippen molar-refractivity contribution in [1.82, 2.24) is 0 Å². The van der Waals surface area contributed by atoms with E-state index in [1.807, 2.05) is 0 Å². The van der Waals surface area contributed by atoms with Crippen LogP contribution in [0.3, 0.4) is 0 Å². The lowest BCUT2D eigenvalue weighted by Crippen LogP contribution is -2.26. The predicted octanol–water partition coefficient (Wildman–Crippen LogP) is 1.84. The van der Waals surface area contributed by atoms with Gasteiger partial charge < -0.3 is 5.73 Å². The summed E-state index contributed by atoms with van der Waals surface area (Å²) in [5.41, 5.74) is 5.71. The summed E-state index contributed by atoms with van der Waals surface area (Å²) in [5, 5.41) is 8.40. The molecule has 0 aromatic carbocycles. The second-order valence-corrected chi connectivity index (χ2v) is 3.14. The Bertz CT molecular complexity index is 134. The zero-order valence-corrected chi connectivity index (χ0v) is 7.44. The topological polar surface area (TPSA) is 49.8 Å². The van der Waals surface area contributed by atoms with Crippen molar-refractivity contribution in [1.29, 1.82) is 5.26 Å². The summed E-state index contributed by atoms with van der Waals surface area (Å²) in [4.78, 5) is 0. The molecule has 0 radical (unpaired) electrons. The molecule has 1 saturated carbocycles. The van der Waals surface area contributed by atoms with E-state index in [0.29, 0.717) is 12.0 Å². The van der Waals surface area contributed by atoms with Crippen molar-refractivity contribution < 1.29 is 0 Å². The Kier molecular flexibility index (Phi) is 5.27. The quantitative estimate of drug-likeness (QED) is 0.660. The van der Waals surface area contributed by atoms with Crippen LogP contribution in [-0.2, 0) is 0 Å². The Morgan fingerprint density at radius 1 is 1.27 bits per heavy atom. The van der Waals surface area contributed by atoms with Gasteiger partial charge in [-0.2, -0.15) is 5.26 Å². The summed E-state index contributed by atoms with van der Waals surface area (Å²) in [6.45, 7) is 0. The Hall–Kier alpha value is -0.260. The SMILES string of the molecule is Cl.N#CC[C@H]1CC[C@@H](N)CC1. The molecule has 0 aromatic heterocycles. The fourth-order valence-corrected chi connectivity index (χ4v) is 1.52. The van der Waals surface area contributed by atoms with Crippen LogP contribution in [0.25, 0.3) is 0 Å². The van der Waals surface area contributed by atoms with Crippen molar-refractivity contribution in [2.75, 3.05) is 0 Å².